The number of likely N-dealkylation sites (N-methyl/N-ethyl adjacent to an activating group) is 1. The molecule has 1 fully saturated rings. The monoisotopic (exact) mass is 372 g/mol. The van der Waals surface area contributed by atoms with Crippen LogP contribution in [-0.4, -0.2) is 69.8 Å². The fraction of sp³-hybridized carbons (Fsp3) is 0.650. The standard InChI is InChI=1S/C20H32N6O/c1-5-27-18-8-6-17(7-9-18)19(25-14-12-24(4)13-15-25)20-21-22-23-26(20)11-10-16(2)3/h6-9,16,19H,5,10-15H2,1-4H3. The summed E-state index contributed by atoms with van der Waals surface area (Å²) < 4.78 is 7.60. The van der Waals surface area contributed by atoms with Crippen molar-refractivity contribution in [3.8, 4) is 5.75 Å². The Morgan fingerprint density at radius 3 is 2.41 bits per heavy atom. The molecule has 1 unspecified atom stereocenters. The average molecular weight is 373 g/mol. The van der Waals surface area contributed by atoms with Crippen LogP contribution in [0.4, 0.5) is 0 Å². The normalized spacial score (nSPS) is 17.4. The Balaban J connectivity index is 1.89. The van der Waals surface area contributed by atoms with E-state index in [2.05, 4.69) is 58.4 Å². The van der Waals surface area contributed by atoms with Gasteiger partial charge in [-0.25, -0.2) is 4.68 Å². The summed E-state index contributed by atoms with van der Waals surface area (Å²) in [5.41, 5.74) is 1.21. The molecular formula is C20H32N6O. The first kappa shape index (κ1) is 19.8. The van der Waals surface area contributed by atoms with Crippen molar-refractivity contribution in [1.29, 1.82) is 0 Å². The Bertz CT molecular complexity index is 691. The maximum atomic E-state index is 5.61. The molecule has 27 heavy (non-hydrogen) atoms. The molecule has 0 saturated carbocycles. The van der Waals surface area contributed by atoms with Crippen LogP contribution in [0.25, 0.3) is 0 Å². The largest absolute Gasteiger partial charge is 0.494 e. The molecule has 1 saturated heterocycles. The smallest absolute Gasteiger partial charge is 0.173 e. The van der Waals surface area contributed by atoms with Gasteiger partial charge in [0, 0.05) is 32.7 Å². The van der Waals surface area contributed by atoms with E-state index >= 15 is 0 Å². The lowest BCUT2D eigenvalue weighted by molar-refractivity contribution is 0.121. The highest BCUT2D eigenvalue weighted by Gasteiger charge is 2.29. The minimum atomic E-state index is 0.0662. The van der Waals surface area contributed by atoms with Crippen LogP contribution in [0.5, 0.6) is 5.75 Å². The summed E-state index contributed by atoms with van der Waals surface area (Å²) in [6.45, 7) is 12.1. The molecule has 2 heterocycles. The van der Waals surface area contributed by atoms with Gasteiger partial charge in [-0.05, 0) is 54.4 Å². The van der Waals surface area contributed by atoms with Crippen molar-refractivity contribution in [1.82, 2.24) is 30.0 Å². The lowest BCUT2D eigenvalue weighted by Gasteiger charge is -2.37. The Hall–Kier alpha value is -1.99. The molecule has 3 rings (SSSR count). The van der Waals surface area contributed by atoms with Crippen molar-refractivity contribution in [2.75, 3.05) is 39.8 Å². The van der Waals surface area contributed by atoms with E-state index in [9.17, 15) is 0 Å². The Kier molecular flexibility index (Phi) is 6.79. The average Bonchev–Trinajstić information content (AvgIpc) is 3.11. The number of tetrazole rings is 1. The van der Waals surface area contributed by atoms with Gasteiger partial charge in [-0.2, -0.15) is 0 Å². The highest BCUT2D eigenvalue weighted by molar-refractivity contribution is 5.32. The molecule has 0 aliphatic carbocycles. The fourth-order valence-electron chi connectivity index (χ4n) is 3.46. The number of aromatic nitrogens is 4. The van der Waals surface area contributed by atoms with Crippen molar-refractivity contribution in [2.24, 2.45) is 5.92 Å². The van der Waals surface area contributed by atoms with E-state index in [1.807, 2.05) is 23.7 Å². The molecule has 0 amide bonds. The zero-order valence-electron chi connectivity index (χ0n) is 17.0. The van der Waals surface area contributed by atoms with Crippen LogP contribution >= 0.6 is 0 Å². The molecule has 1 aromatic carbocycles. The van der Waals surface area contributed by atoms with Gasteiger partial charge in [-0.1, -0.05) is 26.0 Å². The summed E-state index contributed by atoms with van der Waals surface area (Å²) in [4.78, 5) is 4.86. The second-order valence-electron chi connectivity index (χ2n) is 7.69. The first-order valence-corrected chi connectivity index (χ1v) is 10.00. The number of aryl methyl sites for hydroxylation is 1. The Morgan fingerprint density at radius 2 is 1.78 bits per heavy atom. The van der Waals surface area contributed by atoms with Gasteiger partial charge in [0.15, 0.2) is 5.82 Å². The summed E-state index contributed by atoms with van der Waals surface area (Å²) in [6.07, 6.45) is 1.07. The predicted octanol–water partition coefficient (Wildman–Crippen LogP) is 2.45. The first-order valence-electron chi connectivity index (χ1n) is 10.00. The van der Waals surface area contributed by atoms with Gasteiger partial charge in [0.1, 0.15) is 5.75 Å². The van der Waals surface area contributed by atoms with Crippen LogP contribution in [0.2, 0.25) is 0 Å². The molecule has 1 atom stereocenters. The van der Waals surface area contributed by atoms with Crippen LogP contribution in [0.15, 0.2) is 24.3 Å². The molecule has 7 heteroatoms. The number of rotatable bonds is 8. The van der Waals surface area contributed by atoms with Crippen molar-refractivity contribution in [3.05, 3.63) is 35.7 Å². The molecule has 0 radical (unpaired) electrons. The summed E-state index contributed by atoms with van der Waals surface area (Å²) in [7, 11) is 2.18. The van der Waals surface area contributed by atoms with E-state index in [0.717, 1.165) is 50.7 Å². The van der Waals surface area contributed by atoms with Crippen molar-refractivity contribution >= 4 is 0 Å². The quantitative estimate of drug-likeness (QED) is 0.709. The zero-order valence-corrected chi connectivity index (χ0v) is 17.0. The number of hydrogen-bond donors (Lipinski definition) is 0. The zero-order chi connectivity index (χ0) is 19.2. The number of ether oxygens (including phenoxy) is 1. The first-order chi connectivity index (χ1) is 13.1. The summed E-state index contributed by atoms with van der Waals surface area (Å²) >= 11 is 0. The predicted molar refractivity (Wildman–Crippen MR) is 106 cm³/mol. The van der Waals surface area contributed by atoms with Crippen molar-refractivity contribution in [3.63, 3.8) is 0 Å². The second-order valence-corrected chi connectivity index (χ2v) is 7.69. The number of piperazine rings is 1. The summed E-state index contributed by atoms with van der Waals surface area (Å²) in [5, 5.41) is 12.7. The molecule has 0 spiro atoms. The highest BCUT2D eigenvalue weighted by atomic mass is 16.5. The third kappa shape index (κ3) is 5.05. The van der Waals surface area contributed by atoms with Crippen LogP contribution in [0.1, 0.15) is 44.6 Å². The third-order valence-corrected chi connectivity index (χ3v) is 5.13. The van der Waals surface area contributed by atoms with E-state index in [1.165, 1.54) is 5.56 Å². The van der Waals surface area contributed by atoms with Crippen molar-refractivity contribution in [2.45, 2.75) is 39.8 Å². The molecule has 0 bridgehead atoms. The molecule has 0 N–H and O–H groups in total. The number of benzene rings is 1. The van der Waals surface area contributed by atoms with Crippen LogP contribution < -0.4 is 4.74 Å². The van der Waals surface area contributed by atoms with E-state index in [-0.39, 0.29) is 6.04 Å². The lowest BCUT2D eigenvalue weighted by Crippen LogP contribution is -2.46. The van der Waals surface area contributed by atoms with Gasteiger partial charge < -0.3 is 9.64 Å². The molecule has 7 nitrogen and oxygen atoms in total. The maximum absolute atomic E-state index is 5.61. The maximum Gasteiger partial charge on any atom is 0.173 e. The van der Waals surface area contributed by atoms with Gasteiger partial charge in [0.05, 0.1) is 12.6 Å². The third-order valence-electron chi connectivity index (χ3n) is 5.13. The van der Waals surface area contributed by atoms with Crippen LogP contribution in [-0.2, 0) is 6.54 Å². The number of nitrogens with zero attached hydrogens (tertiary/aromatic N) is 6. The Labute approximate surface area is 162 Å². The van der Waals surface area contributed by atoms with E-state index in [4.69, 9.17) is 4.74 Å². The summed E-state index contributed by atoms with van der Waals surface area (Å²) in [5.74, 6) is 2.46. The van der Waals surface area contributed by atoms with Crippen LogP contribution in [0.3, 0.4) is 0 Å². The minimum Gasteiger partial charge on any atom is -0.494 e. The fourth-order valence-corrected chi connectivity index (χ4v) is 3.46. The molecule has 1 aliphatic rings. The number of hydrogen-bond acceptors (Lipinski definition) is 6. The SMILES string of the molecule is CCOc1ccc(C(c2nnnn2CCC(C)C)N2CCN(C)CC2)cc1. The lowest BCUT2D eigenvalue weighted by atomic mass is 10.0. The van der Waals surface area contributed by atoms with Gasteiger partial charge in [-0.3, -0.25) is 4.90 Å². The Morgan fingerprint density at radius 1 is 1.07 bits per heavy atom. The van der Waals surface area contributed by atoms with Crippen molar-refractivity contribution < 1.29 is 4.74 Å². The molecular weight excluding hydrogens is 340 g/mol. The highest BCUT2D eigenvalue weighted by Crippen LogP contribution is 2.29. The molecule has 1 aliphatic heterocycles. The molecule has 148 valence electrons. The van der Waals surface area contributed by atoms with E-state index in [0.29, 0.717) is 12.5 Å². The van der Waals surface area contributed by atoms with Gasteiger partial charge >= 0.3 is 0 Å². The molecule has 1 aromatic heterocycles. The van der Waals surface area contributed by atoms with E-state index < -0.39 is 0 Å². The topological polar surface area (TPSA) is 59.3 Å². The summed E-state index contributed by atoms with van der Waals surface area (Å²) in [6, 6.07) is 8.45. The van der Waals surface area contributed by atoms with Gasteiger partial charge in [0.2, 0.25) is 0 Å². The van der Waals surface area contributed by atoms with Crippen LogP contribution in [0, 0.1) is 5.92 Å². The van der Waals surface area contributed by atoms with Gasteiger partial charge in [-0.15, -0.1) is 5.10 Å². The minimum absolute atomic E-state index is 0.0662. The molecule has 2 aromatic rings. The van der Waals surface area contributed by atoms with Gasteiger partial charge in [0.25, 0.3) is 0 Å². The van der Waals surface area contributed by atoms with E-state index in [1.54, 1.807) is 0 Å². The second kappa shape index (κ2) is 9.28.